The van der Waals surface area contributed by atoms with Crippen LogP contribution < -0.4 is 10.7 Å². The second kappa shape index (κ2) is 7.08. The zero-order chi connectivity index (χ0) is 18.8. The molecule has 0 bridgehead atoms. The fraction of sp³-hybridized carbons (Fsp3) is 0.130. The molecule has 1 N–H and O–H groups in total. The Morgan fingerprint density at radius 1 is 0.926 bits per heavy atom. The number of hydrogen-bond donors (Lipinski definition) is 1. The van der Waals surface area contributed by atoms with Gasteiger partial charge in [0.05, 0.1) is 17.1 Å². The summed E-state index contributed by atoms with van der Waals surface area (Å²) in [6, 6.07) is 21.6. The molecule has 0 saturated carbocycles. The molecule has 2 aromatic heterocycles. The van der Waals surface area contributed by atoms with Crippen molar-refractivity contribution in [3.05, 3.63) is 94.9 Å². The van der Waals surface area contributed by atoms with Gasteiger partial charge in [-0.3, -0.25) is 14.3 Å². The molecule has 0 atom stereocenters. The number of benzene rings is 2. The van der Waals surface area contributed by atoms with Crippen LogP contribution in [-0.4, -0.2) is 9.55 Å². The van der Waals surface area contributed by atoms with Crippen LogP contribution >= 0.6 is 0 Å². The molecule has 27 heavy (non-hydrogen) atoms. The van der Waals surface area contributed by atoms with Crippen LogP contribution in [0.4, 0.5) is 11.5 Å². The van der Waals surface area contributed by atoms with Crippen LogP contribution in [0.15, 0.2) is 83.9 Å². The predicted octanol–water partition coefficient (Wildman–Crippen LogP) is 5.25. The first-order chi connectivity index (χ1) is 13.1. The Hall–Kier alpha value is -3.40. The van der Waals surface area contributed by atoms with E-state index in [4.69, 9.17) is 0 Å². The first-order valence-corrected chi connectivity index (χ1v) is 9.06. The Morgan fingerprint density at radius 2 is 1.59 bits per heavy atom. The third-order valence-corrected chi connectivity index (χ3v) is 4.63. The third kappa shape index (κ3) is 3.22. The molecule has 0 amide bonds. The average molecular weight is 355 g/mol. The maximum absolute atomic E-state index is 13.0. The number of pyridine rings is 2. The van der Waals surface area contributed by atoms with E-state index in [0.717, 1.165) is 27.8 Å². The van der Waals surface area contributed by atoms with E-state index in [1.165, 1.54) is 0 Å². The van der Waals surface area contributed by atoms with Crippen LogP contribution in [0.3, 0.4) is 0 Å². The van der Waals surface area contributed by atoms with Gasteiger partial charge in [-0.2, -0.15) is 0 Å². The third-order valence-electron chi connectivity index (χ3n) is 4.63. The SMILES string of the molecule is CC(C)c1cncc2c1c(=O)cc(Nc1ccccc1)n2-c1ccccc1. The molecular formula is C23H21N3O. The molecule has 4 aromatic rings. The van der Waals surface area contributed by atoms with Crippen molar-refractivity contribution >= 4 is 22.4 Å². The summed E-state index contributed by atoms with van der Waals surface area (Å²) < 4.78 is 2.06. The maximum atomic E-state index is 13.0. The number of anilines is 2. The number of rotatable bonds is 4. The van der Waals surface area contributed by atoms with Crippen LogP contribution in [0.1, 0.15) is 25.3 Å². The first-order valence-electron chi connectivity index (χ1n) is 9.06. The molecule has 0 spiro atoms. The lowest BCUT2D eigenvalue weighted by Crippen LogP contribution is -2.14. The van der Waals surface area contributed by atoms with Crippen molar-refractivity contribution in [1.82, 2.24) is 9.55 Å². The van der Waals surface area contributed by atoms with Crippen LogP contribution in [0.25, 0.3) is 16.6 Å². The van der Waals surface area contributed by atoms with Gasteiger partial charge in [0.2, 0.25) is 0 Å². The highest BCUT2D eigenvalue weighted by Gasteiger charge is 2.16. The summed E-state index contributed by atoms with van der Waals surface area (Å²) in [5.74, 6) is 0.929. The summed E-state index contributed by atoms with van der Waals surface area (Å²) in [6.07, 6.45) is 3.57. The number of fused-ring (bicyclic) bond motifs is 1. The van der Waals surface area contributed by atoms with E-state index in [-0.39, 0.29) is 11.3 Å². The van der Waals surface area contributed by atoms with Gasteiger partial charge in [0.15, 0.2) is 5.43 Å². The molecule has 0 aliphatic heterocycles. The summed E-state index contributed by atoms with van der Waals surface area (Å²) in [4.78, 5) is 17.4. The number of aromatic nitrogens is 2. The molecule has 0 radical (unpaired) electrons. The van der Waals surface area contributed by atoms with Crippen LogP contribution in [0.5, 0.6) is 0 Å². The largest absolute Gasteiger partial charge is 0.341 e. The van der Waals surface area contributed by atoms with E-state index >= 15 is 0 Å². The quantitative estimate of drug-likeness (QED) is 0.544. The van der Waals surface area contributed by atoms with E-state index in [9.17, 15) is 4.79 Å². The van der Waals surface area contributed by atoms with Crippen molar-refractivity contribution in [1.29, 1.82) is 0 Å². The maximum Gasteiger partial charge on any atom is 0.191 e. The highest BCUT2D eigenvalue weighted by atomic mass is 16.1. The molecule has 0 aliphatic carbocycles. The Morgan fingerprint density at radius 3 is 2.26 bits per heavy atom. The van der Waals surface area contributed by atoms with Gasteiger partial charge in [0.25, 0.3) is 0 Å². The average Bonchev–Trinajstić information content (AvgIpc) is 2.69. The van der Waals surface area contributed by atoms with Crippen molar-refractivity contribution in [2.75, 3.05) is 5.32 Å². The second-order valence-electron chi connectivity index (χ2n) is 6.83. The van der Waals surface area contributed by atoms with Gasteiger partial charge in [-0.25, -0.2) is 0 Å². The zero-order valence-electron chi connectivity index (χ0n) is 15.4. The zero-order valence-corrected chi connectivity index (χ0v) is 15.4. The molecule has 0 unspecified atom stereocenters. The Bertz CT molecular complexity index is 1130. The number of nitrogens with zero attached hydrogens (tertiary/aromatic N) is 2. The first kappa shape index (κ1) is 17.0. The summed E-state index contributed by atoms with van der Waals surface area (Å²) in [5.41, 5.74) is 3.67. The molecular weight excluding hydrogens is 334 g/mol. The Balaban J connectivity index is 2.04. The molecule has 2 aromatic carbocycles. The summed E-state index contributed by atoms with van der Waals surface area (Å²) >= 11 is 0. The topological polar surface area (TPSA) is 46.9 Å². The monoisotopic (exact) mass is 355 g/mol. The van der Waals surface area contributed by atoms with Gasteiger partial charge in [-0.1, -0.05) is 50.2 Å². The van der Waals surface area contributed by atoms with Gasteiger partial charge in [-0.05, 0) is 35.7 Å². The van der Waals surface area contributed by atoms with Crippen LogP contribution in [-0.2, 0) is 0 Å². The second-order valence-corrected chi connectivity index (χ2v) is 6.83. The smallest absolute Gasteiger partial charge is 0.191 e. The fourth-order valence-corrected chi connectivity index (χ4v) is 3.35. The van der Waals surface area contributed by atoms with Crippen molar-refractivity contribution < 1.29 is 0 Å². The van der Waals surface area contributed by atoms with Gasteiger partial charge in [0.1, 0.15) is 5.82 Å². The molecule has 0 fully saturated rings. The van der Waals surface area contributed by atoms with Crippen molar-refractivity contribution in [3.63, 3.8) is 0 Å². The molecule has 0 saturated heterocycles. The minimum absolute atomic E-state index is 0.00159. The molecule has 2 heterocycles. The van der Waals surface area contributed by atoms with Crippen molar-refractivity contribution in [2.45, 2.75) is 19.8 Å². The van der Waals surface area contributed by atoms with Gasteiger partial charge < -0.3 is 5.32 Å². The normalized spacial score (nSPS) is 11.1. The van der Waals surface area contributed by atoms with E-state index in [0.29, 0.717) is 5.82 Å². The molecule has 4 heteroatoms. The lowest BCUT2D eigenvalue weighted by molar-refractivity contribution is 0.866. The van der Waals surface area contributed by atoms with Crippen LogP contribution in [0, 0.1) is 0 Å². The minimum Gasteiger partial charge on any atom is -0.341 e. The predicted molar refractivity (Wildman–Crippen MR) is 111 cm³/mol. The van der Waals surface area contributed by atoms with E-state index in [2.05, 4.69) is 28.7 Å². The lowest BCUT2D eigenvalue weighted by atomic mass is 10.00. The highest BCUT2D eigenvalue weighted by molar-refractivity contribution is 5.86. The number of hydrogen-bond acceptors (Lipinski definition) is 3. The van der Waals surface area contributed by atoms with E-state index in [1.807, 2.05) is 60.7 Å². The van der Waals surface area contributed by atoms with Crippen molar-refractivity contribution in [2.24, 2.45) is 0 Å². The van der Waals surface area contributed by atoms with Crippen LogP contribution in [0.2, 0.25) is 0 Å². The summed E-state index contributed by atoms with van der Waals surface area (Å²) in [7, 11) is 0. The fourth-order valence-electron chi connectivity index (χ4n) is 3.35. The number of para-hydroxylation sites is 2. The number of nitrogens with one attached hydrogen (secondary N) is 1. The lowest BCUT2D eigenvalue weighted by Gasteiger charge is -2.20. The Labute approximate surface area is 158 Å². The minimum atomic E-state index is 0.00159. The summed E-state index contributed by atoms with van der Waals surface area (Å²) in [6.45, 7) is 4.16. The molecule has 4 nitrogen and oxygen atoms in total. The summed E-state index contributed by atoms with van der Waals surface area (Å²) in [5, 5.41) is 4.11. The molecule has 0 aliphatic rings. The Kier molecular flexibility index (Phi) is 4.47. The molecule has 134 valence electrons. The van der Waals surface area contributed by atoms with E-state index < -0.39 is 0 Å². The highest BCUT2D eigenvalue weighted by Crippen LogP contribution is 2.28. The van der Waals surface area contributed by atoms with Gasteiger partial charge in [0, 0.05) is 23.6 Å². The van der Waals surface area contributed by atoms with Crippen molar-refractivity contribution in [3.8, 4) is 5.69 Å². The standard InChI is InChI=1S/C23H21N3O/c1-16(2)19-14-24-15-20-23(19)21(27)13-22(25-17-9-5-3-6-10-17)26(20)18-11-7-4-8-12-18/h3-16,25H,1-2H3. The van der Waals surface area contributed by atoms with E-state index in [1.54, 1.807) is 18.5 Å². The van der Waals surface area contributed by atoms with Gasteiger partial charge >= 0.3 is 0 Å². The molecule has 4 rings (SSSR count). The van der Waals surface area contributed by atoms with Gasteiger partial charge in [-0.15, -0.1) is 0 Å².